The molecule has 3 saturated carbocycles. The highest BCUT2D eigenvalue weighted by Gasteiger charge is 2.34. The quantitative estimate of drug-likeness (QED) is 0.263. The molecule has 0 aromatic rings. The predicted molar refractivity (Wildman–Crippen MR) is 126 cm³/mol. The molecule has 0 radical (unpaired) electrons. The minimum atomic E-state index is 0.145. The van der Waals surface area contributed by atoms with Crippen molar-refractivity contribution in [2.24, 2.45) is 29.6 Å². The van der Waals surface area contributed by atoms with Crippen molar-refractivity contribution in [3.8, 4) is 0 Å². The molecule has 0 aromatic heterocycles. The van der Waals surface area contributed by atoms with Crippen LogP contribution >= 0.6 is 0 Å². The third-order valence-corrected chi connectivity index (χ3v) is 8.92. The van der Waals surface area contributed by atoms with Crippen molar-refractivity contribution in [2.75, 3.05) is 0 Å². The molecule has 174 valence electrons. The van der Waals surface area contributed by atoms with Crippen molar-refractivity contribution in [1.29, 1.82) is 0 Å². The first-order valence-corrected chi connectivity index (χ1v) is 13.9. The van der Waals surface area contributed by atoms with Crippen molar-refractivity contribution in [3.05, 3.63) is 0 Å². The van der Waals surface area contributed by atoms with Crippen LogP contribution in [0.2, 0.25) is 0 Å². The Balaban J connectivity index is 1.29. The van der Waals surface area contributed by atoms with Gasteiger partial charge < -0.3 is 4.74 Å². The third kappa shape index (κ3) is 7.56. The maximum atomic E-state index is 12.8. The second-order valence-electron chi connectivity index (χ2n) is 11.1. The molecule has 3 aliphatic rings. The molecule has 2 nitrogen and oxygen atoms in total. The number of hydrogen-bond acceptors (Lipinski definition) is 2. The van der Waals surface area contributed by atoms with Crippen LogP contribution in [0.15, 0.2) is 0 Å². The topological polar surface area (TPSA) is 26.3 Å². The van der Waals surface area contributed by atoms with Crippen LogP contribution in [0.25, 0.3) is 0 Å². The first-order chi connectivity index (χ1) is 14.7. The lowest BCUT2D eigenvalue weighted by Crippen LogP contribution is -2.32. The summed E-state index contributed by atoms with van der Waals surface area (Å²) in [4.78, 5) is 12.8. The Kier molecular flexibility index (Phi) is 10.5. The lowest BCUT2D eigenvalue weighted by atomic mass is 9.68. The average molecular weight is 419 g/mol. The number of esters is 1. The fraction of sp³-hybridized carbons (Fsp3) is 0.964. The van der Waals surface area contributed by atoms with E-state index in [1.54, 1.807) is 0 Å². The molecule has 0 atom stereocenters. The fourth-order valence-electron chi connectivity index (χ4n) is 6.75. The first kappa shape index (κ1) is 24.1. The molecular formula is C28H50O2. The van der Waals surface area contributed by atoms with Gasteiger partial charge in [-0.1, -0.05) is 71.6 Å². The number of hydrogen-bond donors (Lipinski definition) is 0. The summed E-state index contributed by atoms with van der Waals surface area (Å²) in [6, 6.07) is 0. The summed E-state index contributed by atoms with van der Waals surface area (Å²) in [5.41, 5.74) is 0. The fourth-order valence-corrected chi connectivity index (χ4v) is 6.75. The van der Waals surface area contributed by atoms with Gasteiger partial charge >= 0.3 is 5.97 Å². The van der Waals surface area contributed by atoms with E-state index in [1.807, 2.05) is 0 Å². The summed E-state index contributed by atoms with van der Waals surface area (Å²) < 4.78 is 6.00. The van der Waals surface area contributed by atoms with E-state index in [0.29, 0.717) is 0 Å². The van der Waals surface area contributed by atoms with Gasteiger partial charge in [0, 0.05) is 0 Å². The minimum Gasteiger partial charge on any atom is -0.462 e. The van der Waals surface area contributed by atoms with Crippen LogP contribution in [-0.4, -0.2) is 12.1 Å². The molecule has 3 rings (SSSR count). The summed E-state index contributed by atoms with van der Waals surface area (Å²) in [6.45, 7) is 4.59. The van der Waals surface area contributed by atoms with Crippen molar-refractivity contribution in [3.63, 3.8) is 0 Å². The lowest BCUT2D eigenvalue weighted by molar-refractivity contribution is -0.157. The third-order valence-electron chi connectivity index (χ3n) is 8.92. The Labute approximate surface area is 187 Å². The molecule has 0 aromatic carbocycles. The van der Waals surface area contributed by atoms with Crippen molar-refractivity contribution < 1.29 is 9.53 Å². The number of carbonyl (C=O) groups is 1. The molecule has 3 aliphatic carbocycles. The van der Waals surface area contributed by atoms with E-state index < -0.39 is 0 Å². The molecular weight excluding hydrogens is 368 g/mol. The van der Waals surface area contributed by atoms with Crippen molar-refractivity contribution in [1.82, 2.24) is 0 Å². The smallest absolute Gasteiger partial charge is 0.309 e. The van der Waals surface area contributed by atoms with Crippen LogP contribution in [0.1, 0.15) is 136 Å². The monoisotopic (exact) mass is 418 g/mol. The van der Waals surface area contributed by atoms with Crippen LogP contribution in [-0.2, 0) is 9.53 Å². The maximum absolute atomic E-state index is 12.8. The number of rotatable bonds is 10. The van der Waals surface area contributed by atoms with Crippen molar-refractivity contribution >= 4 is 5.97 Å². The van der Waals surface area contributed by atoms with E-state index in [1.165, 1.54) is 96.3 Å². The summed E-state index contributed by atoms with van der Waals surface area (Å²) in [6.07, 6.45) is 25.2. The Morgan fingerprint density at radius 1 is 0.633 bits per heavy atom. The van der Waals surface area contributed by atoms with E-state index in [-0.39, 0.29) is 18.0 Å². The van der Waals surface area contributed by atoms with E-state index in [2.05, 4.69) is 13.8 Å². The van der Waals surface area contributed by atoms with Gasteiger partial charge in [0.25, 0.3) is 0 Å². The van der Waals surface area contributed by atoms with Crippen LogP contribution in [0.4, 0.5) is 0 Å². The molecule has 3 fully saturated rings. The minimum absolute atomic E-state index is 0.145. The van der Waals surface area contributed by atoms with Gasteiger partial charge in [-0.25, -0.2) is 0 Å². The van der Waals surface area contributed by atoms with Gasteiger partial charge in [0.05, 0.1) is 5.92 Å². The van der Waals surface area contributed by atoms with Gasteiger partial charge in [0.2, 0.25) is 0 Å². The van der Waals surface area contributed by atoms with Crippen LogP contribution in [0, 0.1) is 29.6 Å². The first-order valence-electron chi connectivity index (χ1n) is 13.9. The SMILES string of the molecule is CCCCC[C@H]1CC[C@H](OC(=O)[C@H]2CC[C@H]([C@H]3CC[C@H](CCCC)CC3)CC2)CC1. The molecule has 0 unspecified atom stereocenters. The summed E-state index contributed by atoms with van der Waals surface area (Å²) in [7, 11) is 0. The standard InChI is InChI=1S/C28H50O2/c1-3-5-7-9-23-12-20-27(21-13-23)30-28(29)26-18-16-25(17-19-26)24-14-10-22(11-15-24)8-6-4-2/h22-27H,3-21H2,1-2H3/t22-,23-,24-,25-,26-,27-. The Hall–Kier alpha value is -0.530. The second-order valence-corrected chi connectivity index (χ2v) is 11.1. The lowest BCUT2D eigenvalue weighted by Gasteiger charge is -2.38. The van der Waals surface area contributed by atoms with E-state index in [0.717, 1.165) is 49.4 Å². The zero-order valence-electron chi connectivity index (χ0n) is 20.2. The largest absolute Gasteiger partial charge is 0.462 e. The second kappa shape index (κ2) is 13.1. The molecule has 2 heteroatoms. The summed E-state index contributed by atoms with van der Waals surface area (Å²) >= 11 is 0. The molecule has 0 amide bonds. The number of carbonyl (C=O) groups excluding carboxylic acids is 1. The Morgan fingerprint density at radius 2 is 1.13 bits per heavy atom. The number of unbranched alkanes of at least 4 members (excludes halogenated alkanes) is 3. The summed E-state index contributed by atoms with van der Waals surface area (Å²) in [5, 5.41) is 0. The molecule has 0 heterocycles. The van der Waals surface area contributed by atoms with E-state index in [4.69, 9.17) is 4.74 Å². The average Bonchev–Trinajstić information content (AvgIpc) is 2.79. The van der Waals surface area contributed by atoms with Crippen LogP contribution in [0.5, 0.6) is 0 Å². The zero-order valence-corrected chi connectivity index (χ0v) is 20.2. The highest BCUT2D eigenvalue weighted by molar-refractivity contribution is 5.72. The molecule has 0 N–H and O–H groups in total. The normalized spacial score (nSPS) is 35.1. The molecule has 0 bridgehead atoms. The van der Waals surface area contributed by atoms with Gasteiger partial charge in [-0.2, -0.15) is 0 Å². The predicted octanol–water partition coefficient (Wildman–Crippen LogP) is 8.47. The van der Waals surface area contributed by atoms with Gasteiger partial charge in [0.15, 0.2) is 0 Å². The zero-order chi connectivity index (χ0) is 21.2. The van der Waals surface area contributed by atoms with Gasteiger partial charge in [-0.3, -0.25) is 4.79 Å². The van der Waals surface area contributed by atoms with E-state index >= 15 is 0 Å². The Bertz CT molecular complexity index is 463. The number of ether oxygens (including phenoxy) is 1. The highest BCUT2D eigenvalue weighted by atomic mass is 16.5. The summed E-state index contributed by atoms with van der Waals surface area (Å²) in [5.74, 6) is 4.08. The van der Waals surface area contributed by atoms with Crippen LogP contribution in [0.3, 0.4) is 0 Å². The maximum Gasteiger partial charge on any atom is 0.309 e. The van der Waals surface area contributed by atoms with E-state index in [9.17, 15) is 4.79 Å². The van der Waals surface area contributed by atoms with Crippen LogP contribution < -0.4 is 0 Å². The van der Waals surface area contributed by atoms with Gasteiger partial charge in [-0.15, -0.1) is 0 Å². The molecule has 30 heavy (non-hydrogen) atoms. The van der Waals surface area contributed by atoms with Crippen molar-refractivity contribution in [2.45, 2.75) is 142 Å². The van der Waals surface area contributed by atoms with Gasteiger partial charge in [0.1, 0.15) is 6.10 Å². The highest BCUT2D eigenvalue weighted by Crippen LogP contribution is 2.42. The molecule has 0 aliphatic heterocycles. The molecule has 0 saturated heterocycles. The molecule has 0 spiro atoms. The Morgan fingerprint density at radius 3 is 1.70 bits per heavy atom. The van der Waals surface area contributed by atoms with Gasteiger partial charge in [-0.05, 0) is 87.9 Å².